The van der Waals surface area contributed by atoms with Crippen LogP contribution in [0.5, 0.6) is 0 Å². The quantitative estimate of drug-likeness (QED) is 0.721. The van der Waals surface area contributed by atoms with E-state index in [1.54, 1.807) is 0 Å². The highest BCUT2D eigenvalue weighted by Crippen LogP contribution is 2.49. The molecule has 6 nitrogen and oxygen atoms in total. The van der Waals surface area contributed by atoms with Gasteiger partial charge in [-0.25, -0.2) is 0 Å². The van der Waals surface area contributed by atoms with Gasteiger partial charge in [0.1, 0.15) is 0 Å². The van der Waals surface area contributed by atoms with E-state index in [1.807, 2.05) is 16.8 Å². The van der Waals surface area contributed by atoms with E-state index in [0.717, 1.165) is 38.0 Å². The number of nitrogens with zero attached hydrogens (tertiary/aromatic N) is 2. The lowest BCUT2D eigenvalue weighted by atomic mass is 9.84. The lowest BCUT2D eigenvalue weighted by molar-refractivity contribution is -0.133. The summed E-state index contributed by atoms with van der Waals surface area (Å²) in [5, 5.41) is 6.42. The molecule has 3 rings (SSSR count). The summed E-state index contributed by atoms with van der Waals surface area (Å²) in [7, 11) is 1.85. The van der Waals surface area contributed by atoms with Crippen LogP contribution < -0.4 is 10.6 Å². The van der Waals surface area contributed by atoms with Gasteiger partial charge in [-0.1, -0.05) is 6.42 Å². The predicted molar refractivity (Wildman–Crippen MR) is 101 cm³/mol. The smallest absolute Gasteiger partial charge is 0.236 e. The molecule has 3 aliphatic rings. The molecule has 25 heavy (non-hydrogen) atoms. The lowest BCUT2D eigenvalue weighted by Crippen LogP contribution is -2.50. The first kappa shape index (κ1) is 20.5. The minimum absolute atomic E-state index is 0. The fourth-order valence-electron chi connectivity index (χ4n) is 4.86. The summed E-state index contributed by atoms with van der Waals surface area (Å²) in [5.74, 6) is 2.53. The zero-order chi connectivity index (χ0) is 17.1. The average Bonchev–Trinajstić information content (AvgIpc) is 3.18. The maximum atomic E-state index is 12.3. The summed E-state index contributed by atoms with van der Waals surface area (Å²) in [6, 6.07) is 0.255. The largest absolute Gasteiger partial charge is 0.352 e. The third-order valence-electron chi connectivity index (χ3n) is 6.11. The van der Waals surface area contributed by atoms with Crippen LogP contribution in [-0.4, -0.2) is 74.0 Å². The molecule has 2 aliphatic carbocycles. The van der Waals surface area contributed by atoms with Crippen LogP contribution in [0.25, 0.3) is 0 Å². The number of carbonyl (C=O) groups excluding carboxylic acids is 2. The van der Waals surface area contributed by atoms with Crippen LogP contribution in [0.3, 0.4) is 0 Å². The van der Waals surface area contributed by atoms with E-state index in [4.69, 9.17) is 0 Å². The second-order valence-corrected chi connectivity index (χ2v) is 8.00. The van der Waals surface area contributed by atoms with Crippen LogP contribution in [0.2, 0.25) is 0 Å². The number of rotatable bonds is 6. The van der Waals surface area contributed by atoms with Crippen LogP contribution >= 0.6 is 12.4 Å². The molecular formula is C18H33ClN4O2. The minimum atomic E-state index is 0. The minimum Gasteiger partial charge on any atom is -0.352 e. The number of halogens is 1. The molecule has 2 amide bonds. The van der Waals surface area contributed by atoms with E-state index in [2.05, 4.69) is 17.6 Å². The monoisotopic (exact) mass is 372 g/mol. The molecule has 0 radical (unpaired) electrons. The van der Waals surface area contributed by atoms with Crippen molar-refractivity contribution < 1.29 is 9.59 Å². The second kappa shape index (κ2) is 9.19. The molecule has 1 aliphatic heterocycles. The Morgan fingerprint density at radius 3 is 2.52 bits per heavy atom. The first-order valence-corrected chi connectivity index (χ1v) is 9.49. The Morgan fingerprint density at radius 2 is 1.92 bits per heavy atom. The van der Waals surface area contributed by atoms with Gasteiger partial charge in [0.05, 0.1) is 13.1 Å². The Bertz CT molecular complexity index is 470. The van der Waals surface area contributed by atoms with Crippen LogP contribution in [0.1, 0.15) is 32.6 Å². The Kier molecular flexibility index (Phi) is 7.52. The van der Waals surface area contributed by atoms with Crippen molar-refractivity contribution >= 4 is 24.2 Å². The summed E-state index contributed by atoms with van der Waals surface area (Å²) in [6.07, 6.45) is 5.38. The van der Waals surface area contributed by atoms with Gasteiger partial charge in [-0.05, 0) is 51.0 Å². The fraction of sp³-hybridized carbons (Fsp3) is 0.889. The van der Waals surface area contributed by atoms with Crippen molar-refractivity contribution in [3.05, 3.63) is 0 Å². The van der Waals surface area contributed by atoms with Crippen LogP contribution in [0.4, 0.5) is 0 Å². The molecule has 7 heteroatoms. The zero-order valence-electron chi connectivity index (χ0n) is 15.5. The topological polar surface area (TPSA) is 64.7 Å². The number of nitrogens with one attached hydrogen (secondary N) is 2. The van der Waals surface area contributed by atoms with Crippen molar-refractivity contribution in [1.29, 1.82) is 0 Å². The highest BCUT2D eigenvalue weighted by molar-refractivity contribution is 5.85. The summed E-state index contributed by atoms with van der Waals surface area (Å²) < 4.78 is 0. The molecule has 2 N–H and O–H groups in total. The molecule has 3 fully saturated rings. The van der Waals surface area contributed by atoms with Gasteiger partial charge in [-0.2, -0.15) is 0 Å². The molecule has 4 unspecified atom stereocenters. The Hall–Kier alpha value is -0.850. The van der Waals surface area contributed by atoms with Gasteiger partial charge in [0.15, 0.2) is 0 Å². The molecule has 0 aromatic heterocycles. The van der Waals surface area contributed by atoms with Crippen molar-refractivity contribution in [3.63, 3.8) is 0 Å². The first-order chi connectivity index (χ1) is 11.5. The number of hydrogen-bond donors (Lipinski definition) is 2. The van der Waals surface area contributed by atoms with Crippen molar-refractivity contribution in [3.8, 4) is 0 Å². The molecule has 1 saturated heterocycles. The van der Waals surface area contributed by atoms with E-state index < -0.39 is 0 Å². The Labute approximate surface area is 157 Å². The van der Waals surface area contributed by atoms with Crippen LogP contribution in [0, 0.1) is 17.8 Å². The summed E-state index contributed by atoms with van der Waals surface area (Å²) in [4.78, 5) is 28.2. The van der Waals surface area contributed by atoms with Gasteiger partial charge >= 0.3 is 0 Å². The third-order valence-corrected chi connectivity index (χ3v) is 6.11. The van der Waals surface area contributed by atoms with Crippen molar-refractivity contribution in [2.45, 2.75) is 38.6 Å². The molecule has 0 spiro atoms. The fourth-order valence-corrected chi connectivity index (χ4v) is 4.86. The van der Waals surface area contributed by atoms with Crippen molar-refractivity contribution in [2.75, 3.05) is 46.3 Å². The number of hydrogen-bond acceptors (Lipinski definition) is 4. The molecule has 2 bridgehead atoms. The lowest BCUT2D eigenvalue weighted by Gasteiger charge is -2.30. The Morgan fingerprint density at radius 1 is 1.20 bits per heavy atom. The molecule has 0 aromatic rings. The molecule has 2 saturated carbocycles. The molecule has 144 valence electrons. The summed E-state index contributed by atoms with van der Waals surface area (Å²) in [6.45, 7) is 6.00. The SMILES string of the molecule is CC(NC(=O)CN(C)CC(=O)N1CCNCC1)C1CC2CCC1C2.Cl. The van der Waals surface area contributed by atoms with Gasteiger partial charge in [0, 0.05) is 32.2 Å². The second-order valence-electron chi connectivity index (χ2n) is 8.00. The third kappa shape index (κ3) is 5.31. The van der Waals surface area contributed by atoms with E-state index in [9.17, 15) is 9.59 Å². The molecule has 0 aromatic carbocycles. The number of piperazine rings is 1. The number of fused-ring (bicyclic) bond motifs is 2. The number of carbonyl (C=O) groups is 2. The van der Waals surface area contributed by atoms with Crippen LogP contribution in [0.15, 0.2) is 0 Å². The van der Waals surface area contributed by atoms with Gasteiger partial charge < -0.3 is 15.5 Å². The standard InChI is InChI=1S/C18H32N4O2.ClH/c1-13(16-10-14-3-4-15(16)9-14)20-17(23)11-21(2)12-18(24)22-7-5-19-6-8-22;/h13-16,19H,3-12H2,1-2H3,(H,20,23);1H. The number of likely N-dealkylation sites (N-methyl/N-ethyl adjacent to an activating group) is 1. The molecule has 4 atom stereocenters. The van der Waals surface area contributed by atoms with Gasteiger partial charge in [0.25, 0.3) is 0 Å². The molecule has 1 heterocycles. The van der Waals surface area contributed by atoms with E-state index >= 15 is 0 Å². The zero-order valence-corrected chi connectivity index (χ0v) is 16.3. The first-order valence-electron chi connectivity index (χ1n) is 9.49. The van der Waals surface area contributed by atoms with Gasteiger partial charge in [0.2, 0.25) is 11.8 Å². The van der Waals surface area contributed by atoms with E-state index in [-0.39, 0.29) is 30.3 Å². The Balaban J connectivity index is 0.00000225. The predicted octanol–water partition coefficient (Wildman–Crippen LogP) is 0.713. The van der Waals surface area contributed by atoms with E-state index in [1.165, 1.54) is 25.7 Å². The highest BCUT2D eigenvalue weighted by atomic mass is 35.5. The average molecular weight is 373 g/mol. The van der Waals surface area contributed by atoms with Gasteiger partial charge in [-0.15, -0.1) is 12.4 Å². The van der Waals surface area contributed by atoms with Crippen molar-refractivity contribution in [2.24, 2.45) is 17.8 Å². The van der Waals surface area contributed by atoms with Crippen LogP contribution in [-0.2, 0) is 9.59 Å². The highest BCUT2D eigenvalue weighted by Gasteiger charge is 2.42. The van der Waals surface area contributed by atoms with E-state index in [0.29, 0.717) is 19.0 Å². The number of amides is 2. The summed E-state index contributed by atoms with van der Waals surface area (Å²) >= 11 is 0. The maximum Gasteiger partial charge on any atom is 0.236 e. The van der Waals surface area contributed by atoms with Crippen molar-refractivity contribution in [1.82, 2.24) is 20.4 Å². The van der Waals surface area contributed by atoms with Gasteiger partial charge in [-0.3, -0.25) is 14.5 Å². The molecular weight excluding hydrogens is 340 g/mol. The maximum absolute atomic E-state index is 12.3. The summed E-state index contributed by atoms with van der Waals surface area (Å²) in [5.41, 5.74) is 0. The normalized spacial score (nSPS) is 29.4.